The van der Waals surface area contributed by atoms with Gasteiger partial charge < -0.3 is 5.73 Å². The molecule has 90 valence electrons. The summed E-state index contributed by atoms with van der Waals surface area (Å²) in [7, 11) is 0. The van der Waals surface area contributed by atoms with Gasteiger partial charge in [0.15, 0.2) is 0 Å². The lowest BCUT2D eigenvalue weighted by molar-refractivity contribution is 0.560. The van der Waals surface area contributed by atoms with Crippen molar-refractivity contribution in [1.29, 1.82) is 0 Å². The summed E-state index contributed by atoms with van der Waals surface area (Å²) < 4.78 is 13.2. The minimum absolute atomic E-state index is 0.153. The number of halogens is 2. The summed E-state index contributed by atoms with van der Waals surface area (Å²) in [6.45, 7) is 2.17. The molecule has 1 aromatic rings. The van der Waals surface area contributed by atoms with Crippen LogP contribution in [-0.2, 0) is 0 Å². The maximum atomic E-state index is 13.2. The molecular weight excluding hydrogens is 225 g/mol. The van der Waals surface area contributed by atoms with Crippen LogP contribution in [0, 0.1) is 5.82 Å². The van der Waals surface area contributed by atoms with E-state index < -0.39 is 0 Å². The lowest BCUT2D eigenvalue weighted by Crippen LogP contribution is -2.11. The molecule has 2 N–H and O–H groups in total. The van der Waals surface area contributed by atoms with E-state index in [0.717, 1.165) is 18.4 Å². The Labute approximate surface area is 102 Å². The molecule has 1 aromatic carbocycles. The average molecular weight is 244 g/mol. The average Bonchev–Trinajstić information content (AvgIpc) is 2.28. The van der Waals surface area contributed by atoms with Gasteiger partial charge in [-0.2, -0.15) is 0 Å². The van der Waals surface area contributed by atoms with Crippen LogP contribution in [0.5, 0.6) is 0 Å². The monoisotopic (exact) mass is 243 g/mol. The Morgan fingerprint density at radius 3 is 2.75 bits per heavy atom. The zero-order valence-corrected chi connectivity index (χ0v) is 10.4. The van der Waals surface area contributed by atoms with Gasteiger partial charge in [0.05, 0.1) is 5.02 Å². The summed E-state index contributed by atoms with van der Waals surface area (Å²) in [6.07, 6.45) is 5.54. The van der Waals surface area contributed by atoms with Crippen molar-refractivity contribution in [2.24, 2.45) is 5.73 Å². The van der Waals surface area contributed by atoms with Crippen LogP contribution in [0.3, 0.4) is 0 Å². The van der Waals surface area contributed by atoms with Crippen LogP contribution in [0.2, 0.25) is 5.02 Å². The van der Waals surface area contributed by atoms with Crippen LogP contribution < -0.4 is 5.73 Å². The van der Waals surface area contributed by atoms with E-state index in [4.69, 9.17) is 17.3 Å². The highest BCUT2D eigenvalue weighted by atomic mass is 35.5. The van der Waals surface area contributed by atoms with Gasteiger partial charge >= 0.3 is 0 Å². The van der Waals surface area contributed by atoms with Crippen molar-refractivity contribution in [3.63, 3.8) is 0 Å². The molecule has 0 spiro atoms. The topological polar surface area (TPSA) is 26.0 Å². The van der Waals surface area contributed by atoms with E-state index in [-0.39, 0.29) is 16.9 Å². The molecule has 0 aromatic heterocycles. The van der Waals surface area contributed by atoms with Gasteiger partial charge in [-0.05, 0) is 18.1 Å². The van der Waals surface area contributed by atoms with E-state index in [0.29, 0.717) is 0 Å². The Morgan fingerprint density at radius 1 is 1.31 bits per heavy atom. The van der Waals surface area contributed by atoms with E-state index in [1.165, 1.54) is 25.3 Å². The second-order valence-corrected chi connectivity index (χ2v) is 4.48. The molecular formula is C13H19ClFN. The molecule has 0 radical (unpaired) electrons. The van der Waals surface area contributed by atoms with Crippen molar-refractivity contribution >= 4 is 11.6 Å². The third-order valence-corrected chi connectivity index (χ3v) is 3.15. The third-order valence-electron chi connectivity index (χ3n) is 2.75. The number of nitrogens with two attached hydrogens (primary N) is 1. The first-order valence-corrected chi connectivity index (χ1v) is 6.24. The van der Waals surface area contributed by atoms with Gasteiger partial charge in [-0.25, -0.2) is 4.39 Å². The van der Waals surface area contributed by atoms with E-state index in [1.807, 2.05) is 0 Å². The Hall–Kier alpha value is -0.600. The first kappa shape index (κ1) is 13.5. The van der Waals surface area contributed by atoms with Gasteiger partial charge in [-0.1, -0.05) is 56.3 Å². The summed E-state index contributed by atoms with van der Waals surface area (Å²) in [5.74, 6) is -0.386. The highest BCUT2D eigenvalue weighted by Crippen LogP contribution is 2.27. The Balaban J connectivity index is 2.52. The molecule has 0 fully saturated rings. The number of unbranched alkanes of at least 4 members (excludes halogenated alkanes) is 3. The Kier molecular flexibility index (Phi) is 5.78. The van der Waals surface area contributed by atoms with Gasteiger partial charge in [-0.3, -0.25) is 0 Å². The Bertz CT molecular complexity index is 328. The number of hydrogen-bond donors (Lipinski definition) is 1. The summed E-state index contributed by atoms with van der Waals surface area (Å²) >= 11 is 5.87. The third kappa shape index (κ3) is 3.76. The molecule has 1 unspecified atom stereocenters. The quantitative estimate of drug-likeness (QED) is 0.734. The predicted octanol–water partition coefficient (Wildman–Crippen LogP) is 4.45. The van der Waals surface area contributed by atoms with Gasteiger partial charge in [0, 0.05) is 6.04 Å². The smallest absolute Gasteiger partial charge is 0.142 e. The fraction of sp³-hybridized carbons (Fsp3) is 0.538. The fourth-order valence-corrected chi connectivity index (χ4v) is 2.02. The molecule has 3 heteroatoms. The normalized spacial score (nSPS) is 12.8. The second kappa shape index (κ2) is 6.87. The standard InChI is InChI=1S/C13H19ClFN/c1-2-3-4-5-9-12(16)10-7-6-8-11(15)13(10)14/h6-8,12H,2-5,9,16H2,1H3. The molecule has 0 heterocycles. The number of hydrogen-bond acceptors (Lipinski definition) is 1. The molecule has 0 saturated carbocycles. The lowest BCUT2D eigenvalue weighted by Gasteiger charge is -2.13. The van der Waals surface area contributed by atoms with Gasteiger partial charge in [0.1, 0.15) is 5.82 Å². The second-order valence-electron chi connectivity index (χ2n) is 4.10. The molecule has 0 aliphatic carbocycles. The molecule has 0 aliphatic rings. The molecule has 0 amide bonds. The first-order chi connectivity index (χ1) is 7.66. The van der Waals surface area contributed by atoms with Gasteiger partial charge in [0.2, 0.25) is 0 Å². The van der Waals surface area contributed by atoms with E-state index >= 15 is 0 Å². The molecule has 1 atom stereocenters. The van der Waals surface area contributed by atoms with Gasteiger partial charge in [-0.15, -0.1) is 0 Å². The van der Waals surface area contributed by atoms with Crippen molar-refractivity contribution in [1.82, 2.24) is 0 Å². The minimum atomic E-state index is -0.386. The van der Waals surface area contributed by atoms with Crippen molar-refractivity contribution in [3.05, 3.63) is 34.6 Å². The predicted molar refractivity (Wildman–Crippen MR) is 67.1 cm³/mol. The van der Waals surface area contributed by atoms with E-state index in [2.05, 4.69) is 6.92 Å². The van der Waals surface area contributed by atoms with E-state index in [1.54, 1.807) is 12.1 Å². The molecule has 16 heavy (non-hydrogen) atoms. The lowest BCUT2D eigenvalue weighted by atomic mass is 10.0. The van der Waals surface area contributed by atoms with Crippen LogP contribution in [0.15, 0.2) is 18.2 Å². The molecule has 0 saturated heterocycles. The maximum Gasteiger partial charge on any atom is 0.142 e. The Morgan fingerprint density at radius 2 is 2.06 bits per heavy atom. The molecule has 1 nitrogen and oxygen atoms in total. The molecule has 1 rings (SSSR count). The largest absolute Gasteiger partial charge is 0.324 e. The van der Waals surface area contributed by atoms with Crippen molar-refractivity contribution < 1.29 is 4.39 Å². The fourth-order valence-electron chi connectivity index (χ4n) is 1.75. The minimum Gasteiger partial charge on any atom is -0.324 e. The van der Waals surface area contributed by atoms with Crippen molar-refractivity contribution in [2.75, 3.05) is 0 Å². The van der Waals surface area contributed by atoms with Crippen LogP contribution in [0.1, 0.15) is 50.6 Å². The van der Waals surface area contributed by atoms with Gasteiger partial charge in [0.25, 0.3) is 0 Å². The van der Waals surface area contributed by atoms with E-state index in [9.17, 15) is 4.39 Å². The highest BCUT2D eigenvalue weighted by Gasteiger charge is 2.12. The maximum absolute atomic E-state index is 13.2. The highest BCUT2D eigenvalue weighted by molar-refractivity contribution is 6.31. The zero-order valence-electron chi connectivity index (χ0n) is 9.68. The number of benzene rings is 1. The summed E-state index contributed by atoms with van der Waals surface area (Å²) in [4.78, 5) is 0. The number of rotatable bonds is 6. The van der Waals surface area contributed by atoms with Crippen molar-refractivity contribution in [3.8, 4) is 0 Å². The SMILES string of the molecule is CCCCCCC(N)c1cccc(F)c1Cl. The van der Waals surface area contributed by atoms with Crippen LogP contribution in [0.4, 0.5) is 4.39 Å². The zero-order chi connectivity index (χ0) is 12.0. The van der Waals surface area contributed by atoms with Crippen LogP contribution in [0.25, 0.3) is 0 Å². The first-order valence-electron chi connectivity index (χ1n) is 5.86. The van der Waals surface area contributed by atoms with Crippen LogP contribution >= 0.6 is 11.6 Å². The van der Waals surface area contributed by atoms with Crippen LogP contribution in [-0.4, -0.2) is 0 Å². The summed E-state index contributed by atoms with van der Waals surface area (Å²) in [5.41, 5.74) is 6.72. The van der Waals surface area contributed by atoms with Crippen molar-refractivity contribution in [2.45, 2.75) is 45.1 Å². The summed E-state index contributed by atoms with van der Waals surface area (Å²) in [6, 6.07) is 4.66. The molecule has 0 bridgehead atoms. The summed E-state index contributed by atoms with van der Waals surface area (Å²) in [5, 5.41) is 0.172. The molecule has 0 aliphatic heterocycles.